The molecule has 0 radical (unpaired) electrons. The van der Waals surface area contributed by atoms with E-state index < -0.39 is 36.1 Å². The average molecular weight is 414 g/mol. The van der Waals surface area contributed by atoms with E-state index in [1.807, 2.05) is 6.08 Å². The van der Waals surface area contributed by atoms with Crippen LogP contribution in [0.25, 0.3) is 0 Å². The Hall–Kier alpha value is -0.700. The lowest BCUT2D eigenvalue weighted by molar-refractivity contribution is -0.310. The second-order valence-electron chi connectivity index (χ2n) is 9.84. The molecular formula is C22H39NO6. The van der Waals surface area contributed by atoms with Gasteiger partial charge < -0.3 is 35.3 Å². The Labute approximate surface area is 174 Å². The second kappa shape index (κ2) is 8.81. The summed E-state index contributed by atoms with van der Waals surface area (Å²) in [6, 6.07) is 0. The third kappa shape index (κ3) is 4.50. The van der Waals surface area contributed by atoms with Crippen molar-refractivity contribution in [2.45, 2.75) is 83.8 Å². The fourth-order valence-electron chi connectivity index (χ4n) is 5.24. The van der Waals surface area contributed by atoms with Crippen LogP contribution in [0.5, 0.6) is 0 Å². The summed E-state index contributed by atoms with van der Waals surface area (Å²) in [5.41, 5.74) is 4.68. The predicted molar refractivity (Wildman–Crippen MR) is 109 cm³/mol. The van der Waals surface area contributed by atoms with Gasteiger partial charge in [-0.3, -0.25) is 0 Å². The molecule has 2 fully saturated rings. The molecule has 2 heterocycles. The molecule has 0 bridgehead atoms. The summed E-state index contributed by atoms with van der Waals surface area (Å²) >= 11 is 0. The highest BCUT2D eigenvalue weighted by Crippen LogP contribution is 2.43. The molecule has 1 saturated heterocycles. The van der Waals surface area contributed by atoms with Crippen molar-refractivity contribution in [3.05, 3.63) is 11.8 Å². The molecule has 7 heteroatoms. The fourth-order valence-corrected chi connectivity index (χ4v) is 5.24. The number of aliphatic hydroxyl groups is 3. The standard InChI is InChI=1S/C22H39NO6/c1-11-6-7-15(9-23)28-19(11)16-12(2)8-13(3)20(18(16)25)29-21-17(24)14(4)22(5,26)10-27-21/h7,11-14,16-21,24-26H,6,8-10,23H2,1-5H3. The molecule has 1 aliphatic carbocycles. The quantitative estimate of drug-likeness (QED) is 0.551. The fraction of sp³-hybridized carbons (Fsp3) is 0.909. The third-order valence-corrected chi connectivity index (χ3v) is 7.44. The molecule has 1 saturated carbocycles. The van der Waals surface area contributed by atoms with E-state index >= 15 is 0 Å². The maximum absolute atomic E-state index is 11.3. The van der Waals surface area contributed by atoms with Gasteiger partial charge in [-0.05, 0) is 43.6 Å². The zero-order valence-electron chi connectivity index (χ0n) is 18.3. The minimum absolute atomic E-state index is 0.0837. The highest BCUT2D eigenvalue weighted by Gasteiger charge is 2.51. The molecule has 3 aliphatic rings. The maximum Gasteiger partial charge on any atom is 0.184 e. The first kappa shape index (κ1) is 23.0. The van der Waals surface area contributed by atoms with E-state index in [4.69, 9.17) is 19.9 Å². The van der Waals surface area contributed by atoms with Gasteiger partial charge in [0.2, 0.25) is 0 Å². The van der Waals surface area contributed by atoms with Crippen LogP contribution in [0.2, 0.25) is 0 Å². The highest BCUT2D eigenvalue weighted by atomic mass is 16.7. The van der Waals surface area contributed by atoms with Crippen molar-refractivity contribution in [2.24, 2.45) is 35.3 Å². The largest absolute Gasteiger partial charge is 0.493 e. The van der Waals surface area contributed by atoms with Crippen LogP contribution in [-0.2, 0) is 14.2 Å². The second-order valence-corrected chi connectivity index (χ2v) is 9.84. The van der Waals surface area contributed by atoms with Crippen LogP contribution in [0, 0.1) is 29.6 Å². The lowest BCUT2D eigenvalue weighted by Crippen LogP contribution is -2.59. The van der Waals surface area contributed by atoms with Crippen LogP contribution in [0.3, 0.4) is 0 Å². The van der Waals surface area contributed by atoms with E-state index in [2.05, 4.69) is 20.8 Å². The first-order valence-electron chi connectivity index (χ1n) is 11.0. The van der Waals surface area contributed by atoms with Gasteiger partial charge in [-0.2, -0.15) is 0 Å². The molecule has 3 rings (SSSR count). The van der Waals surface area contributed by atoms with Crippen LogP contribution < -0.4 is 5.73 Å². The van der Waals surface area contributed by atoms with E-state index in [1.54, 1.807) is 13.8 Å². The molecule has 11 unspecified atom stereocenters. The van der Waals surface area contributed by atoms with Gasteiger partial charge in [-0.1, -0.05) is 27.7 Å². The first-order chi connectivity index (χ1) is 13.6. The number of ether oxygens (including phenoxy) is 3. The van der Waals surface area contributed by atoms with Crippen molar-refractivity contribution in [1.82, 2.24) is 0 Å². The van der Waals surface area contributed by atoms with Gasteiger partial charge in [0, 0.05) is 11.8 Å². The normalized spacial score (nSPS) is 51.3. The lowest BCUT2D eigenvalue weighted by Gasteiger charge is -2.50. The Morgan fingerprint density at radius 3 is 2.48 bits per heavy atom. The number of rotatable bonds is 4. The molecule has 0 aromatic rings. The Balaban J connectivity index is 1.75. The van der Waals surface area contributed by atoms with Gasteiger partial charge in [0.25, 0.3) is 0 Å². The minimum atomic E-state index is -1.11. The number of allylic oxidation sites excluding steroid dienone is 1. The van der Waals surface area contributed by atoms with Crippen molar-refractivity contribution in [2.75, 3.05) is 13.2 Å². The van der Waals surface area contributed by atoms with Crippen LogP contribution in [0.15, 0.2) is 11.8 Å². The Morgan fingerprint density at radius 2 is 1.83 bits per heavy atom. The zero-order valence-corrected chi connectivity index (χ0v) is 18.3. The van der Waals surface area contributed by atoms with Gasteiger partial charge in [-0.15, -0.1) is 0 Å². The van der Waals surface area contributed by atoms with E-state index in [1.165, 1.54) is 0 Å². The van der Waals surface area contributed by atoms with Crippen molar-refractivity contribution in [3.8, 4) is 0 Å². The van der Waals surface area contributed by atoms with Crippen LogP contribution in [0.4, 0.5) is 0 Å². The van der Waals surface area contributed by atoms with Crippen molar-refractivity contribution in [3.63, 3.8) is 0 Å². The Bertz CT molecular complexity index is 596. The number of hydrogen-bond donors (Lipinski definition) is 4. The lowest BCUT2D eigenvalue weighted by atomic mass is 9.67. The van der Waals surface area contributed by atoms with E-state index in [0.29, 0.717) is 6.54 Å². The Morgan fingerprint density at radius 1 is 1.14 bits per heavy atom. The summed E-state index contributed by atoms with van der Waals surface area (Å²) in [4.78, 5) is 0. The van der Waals surface area contributed by atoms with Gasteiger partial charge in [0.15, 0.2) is 6.29 Å². The molecule has 2 aliphatic heterocycles. The van der Waals surface area contributed by atoms with E-state index in [9.17, 15) is 15.3 Å². The molecule has 11 atom stereocenters. The van der Waals surface area contributed by atoms with Crippen LogP contribution >= 0.6 is 0 Å². The molecule has 5 N–H and O–H groups in total. The number of aliphatic hydroxyl groups excluding tert-OH is 2. The topological polar surface area (TPSA) is 114 Å². The molecule has 0 aromatic carbocycles. The van der Waals surface area contributed by atoms with Crippen LogP contribution in [-0.4, -0.2) is 64.8 Å². The van der Waals surface area contributed by atoms with E-state index in [-0.39, 0.29) is 36.4 Å². The molecule has 29 heavy (non-hydrogen) atoms. The predicted octanol–water partition coefficient (Wildman–Crippen LogP) is 1.40. The van der Waals surface area contributed by atoms with Gasteiger partial charge in [0.1, 0.15) is 18.0 Å². The monoisotopic (exact) mass is 413 g/mol. The first-order valence-corrected chi connectivity index (χ1v) is 11.0. The zero-order chi connectivity index (χ0) is 21.5. The third-order valence-electron chi connectivity index (χ3n) is 7.44. The average Bonchev–Trinajstić information content (AvgIpc) is 2.66. The summed E-state index contributed by atoms with van der Waals surface area (Å²) in [6.45, 7) is 10.2. The van der Waals surface area contributed by atoms with Gasteiger partial charge in [-0.25, -0.2) is 0 Å². The summed E-state index contributed by atoms with van der Waals surface area (Å²) in [7, 11) is 0. The summed E-state index contributed by atoms with van der Waals surface area (Å²) in [5, 5.41) is 32.3. The Kier molecular flexibility index (Phi) is 6.98. The van der Waals surface area contributed by atoms with Crippen molar-refractivity contribution < 1.29 is 29.5 Å². The summed E-state index contributed by atoms with van der Waals surface area (Å²) in [5.74, 6) is 0.932. The number of hydrogen-bond acceptors (Lipinski definition) is 7. The van der Waals surface area contributed by atoms with Gasteiger partial charge >= 0.3 is 0 Å². The smallest absolute Gasteiger partial charge is 0.184 e. The van der Waals surface area contributed by atoms with Crippen LogP contribution in [0.1, 0.15) is 47.5 Å². The minimum Gasteiger partial charge on any atom is -0.493 e. The van der Waals surface area contributed by atoms with Crippen molar-refractivity contribution >= 4 is 0 Å². The molecule has 0 aromatic heterocycles. The highest BCUT2D eigenvalue weighted by molar-refractivity contribution is 5.05. The molecule has 168 valence electrons. The van der Waals surface area contributed by atoms with Crippen molar-refractivity contribution in [1.29, 1.82) is 0 Å². The maximum atomic E-state index is 11.3. The molecule has 0 spiro atoms. The SMILES string of the molecule is CC1CC(C)C(C2OC(CN)=CCC2C)C(O)C1OC1OCC(C)(O)C(C)C1O. The number of nitrogens with two attached hydrogens (primary N) is 1. The summed E-state index contributed by atoms with van der Waals surface area (Å²) < 4.78 is 18.0. The molecular weight excluding hydrogens is 374 g/mol. The molecule has 7 nitrogen and oxygen atoms in total. The van der Waals surface area contributed by atoms with E-state index in [0.717, 1.165) is 18.6 Å². The molecule has 0 amide bonds. The van der Waals surface area contributed by atoms with Gasteiger partial charge in [0.05, 0.1) is 31.0 Å². The summed E-state index contributed by atoms with van der Waals surface area (Å²) in [6.07, 6.45) is 0.622.